The van der Waals surface area contributed by atoms with Gasteiger partial charge in [-0.25, -0.2) is 0 Å². The van der Waals surface area contributed by atoms with E-state index in [0.717, 1.165) is 22.3 Å². The third-order valence-corrected chi connectivity index (χ3v) is 6.09. The Hall–Kier alpha value is -5.43. The smallest absolute Gasteiger partial charge is 0.310 e. The van der Waals surface area contributed by atoms with E-state index in [0.29, 0.717) is 47.5 Å². The van der Waals surface area contributed by atoms with E-state index in [1.165, 1.54) is 6.07 Å². The van der Waals surface area contributed by atoms with Crippen LogP contribution in [0.4, 0.5) is 27.1 Å². The molecule has 0 bridgehead atoms. The van der Waals surface area contributed by atoms with Gasteiger partial charge in [0.25, 0.3) is 5.69 Å². The molecule has 0 spiro atoms. The molecule has 0 aliphatic rings. The molecule has 0 saturated heterocycles. The Morgan fingerprint density at radius 3 is 1.72 bits per heavy atom. The number of nitro benzene ring substituents is 1. The summed E-state index contributed by atoms with van der Waals surface area (Å²) >= 11 is 0. The predicted molar refractivity (Wildman–Crippen MR) is 177 cm³/mol. The van der Waals surface area contributed by atoms with Crippen LogP contribution in [0.2, 0.25) is 0 Å². The topological polar surface area (TPSA) is 193 Å². The molecular weight excluding hydrogens is 599 g/mol. The van der Waals surface area contributed by atoms with Crippen molar-refractivity contribution in [1.29, 1.82) is 0 Å². The molecule has 0 saturated carbocycles. The number of hydrogen-bond donors (Lipinski definition) is 3. The summed E-state index contributed by atoms with van der Waals surface area (Å²) in [7, 11) is -1.00. The van der Waals surface area contributed by atoms with Crippen LogP contribution >= 0.6 is 0 Å². The van der Waals surface area contributed by atoms with Crippen LogP contribution in [0.3, 0.4) is 0 Å². The number of nitrogens with one attached hydrogen (secondary N) is 1. The fraction of sp³-hybridized carbons (Fsp3) is 0.273. The first-order valence-electron chi connectivity index (χ1n) is 14.5. The Labute approximate surface area is 270 Å². The largest absolute Gasteiger partial charge is 0.870 e. The van der Waals surface area contributed by atoms with Crippen molar-refractivity contribution in [3.63, 3.8) is 0 Å². The first-order chi connectivity index (χ1) is 22.0. The highest BCUT2D eigenvalue weighted by Gasteiger charge is 2.15. The van der Waals surface area contributed by atoms with Gasteiger partial charge in [-0.1, -0.05) is 24.3 Å². The van der Waals surface area contributed by atoms with Gasteiger partial charge in [0.2, 0.25) is 0 Å². The van der Waals surface area contributed by atoms with Crippen LogP contribution in [0.1, 0.15) is 25.1 Å². The van der Waals surface area contributed by atoms with Crippen LogP contribution in [0.5, 0.6) is 23.0 Å². The number of aryl methyl sites for hydroxylation is 4. The summed E-state index contributed by atoms with van der Waals surface area (Å²) in [5, 5.41) is 12.8. The van der Waals surface area contributed by atoms with Crippen LogP contribution < -0.4 is 35.6 Å². The van der Waals surface area contributed by atoms with Crippen molar-refractivity contribution in [3.05, 3.63) is 110 Å². The van der Waals surface area contributed by atoms with Crippen LogP contribution in [-0.2, 0) is 0 Å². The third kappa shape index (κ3) is 12.3. The molecule has 0 amide bonds. The Morgan fingerprint density at radius 1 is 0.717 bits per heavy atom. The van der Waals surface area contributed by atoms with Crippen LogP contribution in [-0.4, -0.2) is 44.0 Å². The molecule has 13 heteroatoms. The highest BCUT2D eigenvalue weighted by molar-refractivity contribution is 5.55. The molecule has 0 heterocycles. The summed E-state index contributed by atoms with van der Waals surface area (Å²) < 4.78 is 37.6. The van der Waals surface area contributed by atoms with Crippen LogP contribution in [0.25, 0.3) is 0 Å². The lowest BCUT2D eigenvalue weighted by Gasteiger charge is -2.12. The van der Waals surface area contributed by atoms with Gasteiger partial charge in [-0.2, -0.15) is 0 Å². The van der Waals surface area contributed by atoms with Crippen molar-refractivity contribution < 1.29 is 41.7 Å². The number of nitrogens with zero attached hydrogens (tertiary/aromatic N) is 1. The number of rotatable bonds is 12. The van der Waals surface area contributed by atoms with Crippen molar-refractivity contribution in [2.24, 2.45) is 0 Å². The van der Waals surface area contributed by atoms with Crippen molar-refractivity contribution >= 4 is 22.7 Å². The van der Waals surface area contributed by atoms with Crippen molar-refractivity contribution in [3.8, 4) is 23.0 Å². The minimum absolute atomic E-state index is 0. The zero-order valence-electron chi connectivity index (χ0n) is 27.2. The van der Waals surface area contributed by atoms with Crippen molar-refractivity contribution in [2.45, 2.75) is 27.7 Å². The molecular formula is C33H43FN4O8. The molecule has 0 unspecified atom stereocenters. The van der Waals surface area contributed by atoms with E-state index in [2.05, 4.69) is 0 Å². The number of anilines is 2. The van der Waals surface area contributed by atoms with E-state index in [1.54, 1.807) is 24.3 Å². The third-order valence-electron chi connectivity index (χ3n) is 6.09. The van der Waals surface area contributed by atoms with Gasteiger partial charge in [-0.15, -0.1) is 0 Å². The zero-order chi connectivity index (χ0) is 34.1. The Bertz CT molecular complexity index is 1600. The summed E-state index contributed by atoms with van der Waals surface area (Å²) in [6.45, 7) is 8.79. The van der Waals surface area contributed by atoms with Crippen molar-refractivity contribution in [1.82, 2.24) is 0 Å². The number of nitro groups is 1. The number of ether oxygens (including phenoxy) is 4. The first-order valence-corrected chi connectivity index (χ1v) is 13.8. The first kappa shape index (κ1) is 36.8. The number of nitrogens with two attached hydrogens (primary N) is 2. The maximum Gasteiger partial charge on any atom is 0.310 e. The fourth-order valence-electron chi connectivity index (χ4n) is 3.91. The summed E-state index contributed by atoms with van der Waals surface area (Å²) in [4.78, 5) is 21.3. The normalized spacial score (nSPS) is 9.98. The second-order valence-corrected chi connectivity index (χ2v) is 9.81. The maximum absolute atomic E-state index is 11.0. The minimum atomic E-state index is -1.00. The summed E-state index contributed by atoms with van der Waals surface area (Å²) in [6, 6.07) is 21.3. The second-order valence-electron chi connectivity index (χ2n) is 9.81. The van der Waals surface area contributed by atoms with Gasteiger partial charge < -0.3 is 35.9 Å². The average Bonchev–Trinajstić information content (AvgIpc) is 3.01. The van der Waals surface area contributed by atoms with Gasteiger partial charge in [-0.05, 0) is 86.3 Å². The van der Waals surface area contributed by atoms with Crippen LogP contribution in [0, 0.1) is 42.7 Å². The van der Waals surface area contributed by atoms with Crippen molar-refractivity contribution in [2.75, 3.05) is 45.0 Å². The molecule has 0 atom stereocenters. The summed E-state index contributed by atoms with van der Waals surface area (Å²) in [5.74, 6) is 1.97. The molecule has 46 heavy (non-hydrogen) atoms. The Morgan fingerprint density at radius 2 is 1.15 bits per heavy atom. The standard InChI is InChI=1S/C16H16N2O5.C16H20N2O2.CH3F.H2O.H2/c1-11-4-6-15(13(9-11)17-19)22-7-8-23-16-10-12(2)3-5-14(16)18(20)21;1-11-4-6-15(14(18)9-11)19-7-8-20-16-10-12(2)3-5-13(16)17;1-2;;/h3-6,9-10H,7-8H2,1-2H3;3-6,9-10H,7-8,17-18H2,1-2H3;1H3;1H2;1H/i;;1D;;. The molecule has 4 rings (SSSR count). The molecule has 0 radical (unpaired) electrons. The minimum Gasteiger partial charge on any atom is -0.870 e. The van der Waals surface area contributed by atoms with E-state index in [1.807, 2.05) is 75.3 Å². The van der Waals surface area contributed by atoms with Gasteiger partial charge in [0.05, 0.1) is 24.8 Å². The molecule has 6 N–H and O–H groups in total. The number of hydrogen-bond acceptors (Lipinski definition) is 10. The number of alkyl halides is 1. The van der Waals surface area contributed by atoms with Gasteiger partial charge in [0.15, 0.2) is 11.5 Å². The van der Waals surface area contributed by atoms with Gasteiger partial charge in [0, 0.05) is 23.6 Å². The predicted octanol–water partition coefficient (Wildman–Crippen LogP) is 5.73. The summed E-state index contributed by atoms with van der Waals surface area (Å²) in [6.07, 6.45) is 0. The van der Waals surface area contributed by atoms with E-state index in [-0.39, 0.29) is 31.6 Å². The lowest BCUT2D eigenvalue weighted by atomic mass is 10.2. The number of benzene rings is 4. The van der Waals surface area contributed by atoms with Crippen LogP contribution in [0.15, 0.2) is 72.8 Å². The van der Waals surface area contributed by atoms with E-state index in [4.69, 9.17) is 31.8 Å². The van der Waals surface area contributed by atoms with E-state index >= 15 is 0 Å². The lowest BCUT2D eigenvalue weighted by molar-refractivity contribution is -0.385. The quantitative estimate of drug-likeness (QED) is 0.0743. The number of halogens is 1. The molecule has 12 nitrogen and oxygen atoms in total. The molecule has 0 aromatic heterocycles. The lowest BCUT2D eigenvalue weighted by Crippen LogP contribution is -2.55. The Kier molecular flexibility index (Phi) is 15.8. The monoisotopic (exact) mass is 643 g/mol. The van der Waals surface area contributed by atoms with E-state index in [9.17, 15) is 19.4 Å². The zero-order valence-corrected chi connectivity index (χ0v) is 26.2. The van der Waals surface area contributed by atoms with Gasteiger partial charge in [-0.3, -0.25) is 14.5 Å². The average molecular weight is 644 g/mol. The highest BCUT2D eigenvalue weighted by atomic mass is 19.1. The summed E-state index contributed by atoms with van der Waals surface area (Å²) in [5.41, 5.74) is 17.2. The molecule has 4 aromatic carbocycles. The van der Waals surface area contributed by atoms with Gasteiger partial charge in [0.1, 0.15) is 37.9 Å². The highest BCUT2D eigenvalue weighted by Crippen LogP contribution is 2.28. The number of nitrogen functional groups attached to an aromatic ring is 2. The molecule has 0 fully saturated rings. The second kappa shape index (κ2) is 19.8. The van der Waals surface area contributed by atoms with Gasteiger partial charge >= 0.3 is 5.69 Å². The fourth-order valence-corrected chi connectivity index (χ4v) is 3.91. The molecule has 250 valence electrons. The SMILES string of the molecule is Cc1ccc(OCCOc2cc(C)ccc2N)c(N)c1.Cc1ccc(OCCOc2cc(C)ccc2[N+](=O)[O-])c([NH+]=O)c1.[2H]CF.[HH].[OH-]. The Balaban J connectivity index is 0.000000825. The maximum atomic E-state index is 11.0. The van der Waals surface area contributed by atoms with E-state index < -0.39 is 12.1 Å². The molecule has 0 aliphatic carbocycles. The molecule has 0 aliphatic heterocycles. The number of nitroso groups, excluding NO2 is 1. The molecule has 4 aromatic rings.